The number of hydrogen-bond donors (Lipinski definition) is 0. The highest BCUT2D eigenvalue weighted by Gasteiger charge is 2.34. The Kier molecular flexibility index (Phi) is 4.41. The second kappa shape index (κ2) is 6.10. The summed E-state index contributed by atoms with van der Waals surface area (Å²) in [6.07, 6.45) is -4.61. The summed E-state index contributed by atoms with van der Waals surface area (Å²) >= 11 is 2.03. The molecule has 128 valence electrons. The summed E-state index contributed by atoms with van der Waals surface area (Å²) in [5.74, 6) is 0.386. The maximum absolute atomic E-state index is 12.9. The Morgan fingerprint density at radius 1 is 1.12 bits per heavy atom. The molecule has 2 aromatic rings. The van der Waals surface area contributed by atoms with E-state index in [-0.39, 0.29) is 13.2 Å². The highest BCUT2D eigenvalue weighted by Crippen LogP contribution is 2.37. The standard InChI is InChI=1S/C15H11F3INO3S/c16-15(17,18)10-2-1-3-12(8-10)24(21,22)20-6-7-23-14-5-4-11(19)9-13(14)20/h1-5,8-9H,6-7H2. The Bertz CT molecular complexity index is 884. The van der Waals surface area contributed by atoms with Crippen LogP contribution in [0.1, 0.15) is 5.56 Å². The van der Waals surface area contributed by atoms with Crippen LogP contribution in [0.25, 0.3) is 0 Å². The number of halogens is 4. The number of nitrogens with zero attached hydrogens (tertiary/aromatic N) is 1. The van der Waals surface area contributed by atoms with Crippen molar-refractivity contribution in [1.29, 1.82) is 0 Å². The van der Waals surface area contributed by atoms with Crippen LogP contribution in [0.2, 0.25) is 0 Å². The fraction of sp³-hybridized carbons (Fsp3) is 0.200. The minimum atomic E-state index is -4.61. The van der Waals surface area contributed by atoms with Gasteiger partial charge in [0.05, 0.1) is 22.7 Å². The molecule has 0 amide bonds. The van der Waals surface area contributed by atoms with Crippen LogP contribution in [-0.2, 0) is 16.2 Å². The predicted molar refractivity (Wildman–Crippen MR) is 90.6 cm³/mol. The van der Waals surface area contributed by atoms with Crippen LogP contribution in [0.3, 0.4) is 0 Å². The largest absolute Gasteiger partial charge is 0.489 e. The molecule has 0 saturated carbocycles. The Labute approximate surface area is 150 Å². The number of rotatable bonds is 2. The number of anilines is 1. The van der Waals surface area contributed by atoms with E-state index in [0.717, 1.165) is 26.1 Å². The monoisotopic (exact) mass is 469 g/mol. The first-order valence-electron chi connectivity index (χ1n) is 6.82. The highest BCUT2D eigenvalue weighted by atomic mass is 127. The lowest BCUT2D eigenvalue weighted by Crippen LogP contribution is -2.38. The molecule has 0 N–H and O–H groups in total. The first-order valence-corrected chi connectivity index (χ1v) is 9.34. The zero-order valence-electron chi connectivity index (χ0n) is 12.0. The average Bonchev–Trinajstić information content (AvgIpc) is 2.53. The molecule has 0 saturated heterocycles. The summed E-state index contributed by atoms with van der Waals surface area (Å²) in [5.41, 5.74) is -0.676. The van der Waals surface area contributed by atoms with Crippen molar-refractivity contribution in [2.45, 2.75) is 11.1 Å². The predicted octanol–water partition coefficient (Wildman–Crippen LogP) is 3.90. The number of alkyl halides is 3. The van der Waals surface area contributed by atoms with Crippen LogP contribution in [0.5, 0.6) is 5.75 Å². The molecule has 9 heteroatoms. The number of hydrogen-bond acceptors (Lipinski definition) is 3. The van der Waals surface area contributed by atoms with Crippen LogP contribution in [0, 0.1) is 3.57 Å². The number of fused-ring (bicyclic) bond motifs is 1. The number of sulfonamides is 1. The molecular formula is C15H11F3INO3S. The summed E-state index contributed by atoms with van der Waals surface area (Å²) < 4.78 is 71.6. The van der Waals surface area contributed by atoms with Crippen molar-refractivity contribution in [2.24, 2.45) is 0 Å². The molecule has 0 aliphatic carbocycles. The van der Waals surface area contributed by atoms with E-state index in [9.17, 15) is 21.6 Å². The van der Waals surface area contributed by atoms with Crippen LogP contribution >= 0.6 is 22.6 Å². The average molecular weight is 469 g/mol. The van der Waals surface area contributed by atoms with Gasteiger partial charge in [-0.2, -0.15) is 13.2 Å². The molecule has 2 aromatic carbocycles. The maximum atomic E-state index is 12.9. The van der Waals surface area contributed by atoms with Gasteiger partial charge >= 0.3 is 6.18 Å². The summed E-state index contributed by atoms with van der Waals surface area (Å²) in [7, 11) is -4.12. The molecule has 1 aliphatic heterocycles. The highest BCUT2D eigenvalue weighted by molar-refractivity contribution is 14.1. The van der Waals surface area contributed by atoms with E-state index in [1.165, 1.54) is 0 Å². The summed E-state index contributed by atoms with van der Waals surface area (Å²) in [6.45, 7) is 0.164. The molecular weight excluding hydrogens is 458 g/mol. The molecule has 0 unspecified atom stereocenters. The number of benzene rings is 2. The molecule has 0 bridgehead atoms. The first-order chi connectivity index (χ1) is 11.2. The van der Waals surface area contributed by atoms with Gasteiger partial charge in [0, 0.05) is 3.57 Å². The van der Waals surface area contributed by atoms with Gasteiger partial charge in [-0.15, -0.1) is 0 Å². The normalized spacial score (nSPS) is 14.9. The van der Waals surface area contributed by atoms with Gasteiger partial charge < -0.3 is 4.74 Å². The Morgan fingerprint density at radius 2 is 1.88 bits per heavy atom. The third-order valence-electron chi connectivity index (χ3n) is 3.49. The van der Waals surface area contributed by atoms with E-state index in [2.05, 4.69) is 0 Å². The van der Waals surface area contributed by atoms with Crippen LogP contribution in [0.15, 0.2) is 47.4 Å². The van der Waals surface area contributed by atoms with E-state index in [4.69, 9.17) is 4.74 Å². The topological polar surface area (TPSA) is 46.6 Å². The SMILES string of the molecule is O=S(=O)(c1cccc(C(F)(F)F)c1)N1CCOc2ccc(I)cc21. The molecule has 0 aromatic heterocycles. The van der Waals surface area contributed by atoms with E-state index in [0.29, 0.717) is 17.5 Å². The van der Waals surface area contributed by atoms with Gasteiger partial charge in [-0.1, -0.05) is 6.07 Å². The van der Waals surface area contributed by atoms with Gasteiger partial charge in [0.1, 0.15) is 12.4 Å². The fourth-order valence-electron chi connectivity index (χ4n) is 2.38. The lowest BCUT2D eigenvalue weighted by molar-refractivity contribution is -0.137. The zero-order valence-corrected chi connectivity index (χ0v) is 15.0. The van der Waals surface area contributed by atoms with Crippen molar-refractivity contribution >= 4 is 38.3 Å². The van der Waals surface area contributed by atoms with Crippen LogP contribution in [-0.4, -0.2) is 21.6 Å². The second-order valence-corrected chi connectivity index (χ2v) is 8.17. The van der Waals surface area contributed by atoms with Crippen molar-refractivity contribution in [2.75, 3.05) is 17.5 Å². The van der Waals surface area contributed by atoms with E-state index in [1.54, 1.807) is 18.2 Å². The fourth-order valence-corrected chi connectivity index (χ4v) is 4.35. The summed E-state index contributed by atoms with van der Waals surface area (Å²) in [5, 5.41) is 0. The van der Waals surface area contributed by atoms with Gasteiger partial charge in [-0.05, 0) is 59.0 Å². The molecule has 4 nitrogen and oxygen atoms in total. The summed E-state index contributed by atoms with van der Waals surface area (Å²) in [4.78, 5) is -0.399. The van der Waals surface area contributed by atoms with E-state index < -0.39 is 26.7 Å². The molecule has 0 atom stereocenters. The Hall–Kier alpha value is -1.49. The first kappa shape index (κ1) is 17.3. The van der Waals surface area contributed by atoms with E-state index >= 15 is 0 Å². The molecule has 0 spiro atoms. The summed E-state index contributed by atoms with van der Waals surface area (Å²) in [6, 6.07) is 8.78. The van der Waals surface area contributed by atoms with E-state index in [1.807, 2.05) is 22.6 Å². The van der Waals surface area contributed by atoms with Crippen molar-refractivity contribution in [3.8, 4) is 5.75 Å². The quantitative estimate of drug-likeness (QED) is 0.628. The molecule has 0 fully saturated rings. The van der Waals surface area contributed by atoms with Crippen molar-refractivity contribution in [1.82, 2.24) is 0 Å². The lowest BCUT2D eigenvalue weighted by Gasteiger charge is -2.30. The molecule has 1 aliphatic rings. The lowest BCUT2D eigenvalue weighted by atomic mass is 10.2. The second-order valence-electron chi connectivity index (χ2n) is 5.06. The molecule has 24 heavy (non-hydrogen) atoms. The van der Waals surface area contributed by atoms with Gasteiger partial charge in [0.2, 0.25) is 0 Å². The zero-order chi connectivity index (χ0) is 17.5. The van der Waals surface area contributed by atoms with Crippen molar-refractivity contribution in [3.63, 3.8) is 0 Å². The Morgan fingerprint density at radius 3 is 2.58 bits per heavy atom. The van der Waals surface area contributed by atoms with Crippen LogP contribution in [0.4, 0.5) is 18.9 Å². The molecule has 1 heterocycles. The molecule has 0 radical (unpaired) electrons. The van der Waals surface area contributed by atoms with Gasteiger partial charge in [-0.25, -0.2) is 8.42 Å². The van der Waals surface area contributed by atoms with Crippen LogP contribution < -0.4 is 9.04 Å². The third-order valence-corrected chi connectivity index (χ3v) is 5.97. The van der Waals surface area contributed by atoms with Crippen molar-refractivity contribution < 1.29 is 26.3 Å². The smallest absolute Gasteiger partial charge is 0.416 e. The minimum Gasteiger partial charge on any atom is -0.489 e. The van der Waals surface area contributed by atoms with Crippen molar-refractivity contribution in [3.05, 3.63) is 51.6 Å². The molecule has 3 rings (SSSR count). The Balaban J connectivity index is 2.09. The third kappa shape index (κ3) is 3.18. The number of ether oxygens (including phenoxy) is 1. The van der Waals surface area contributed by atoms with Gasteiger partial charge in [0.15, 0.2) is 0 Å². The van der Waals surface area contributed by atoms with Gasteiger partial charge in [-0.3, -0.25) is 4.31 Å². The van der Waals surface area contributed by atoms with Gasteiger partial charge in [0.25, 0.3) is 10.0 Å². The minimum absolute atomic E-state index is 0.0334. The maximum Gasteiger partial charge on any atom is 0.416 e.